The summed E-state index contributed by atoms with van der Waals surface area (Å²) in [6, 6.07) is 11.8. The molecule has 3 rings (SSSR count). The number of piperidine rings is 1. The maximum absolute atomic E-state index is 13.3. The number of hydrogen-bond acceptors (Lipinski definition) is 4. The third-order valence-corrected chi connectivity index (χ3v) is 9.38. The van der Waals surface area contributed by atoms with E-state index < -0.39 is 10.0 Å². The predicted molar refractivity (Wildman–Crippen MR) is 139 cm³/mol. The topological polar surface area (TPSA) is 60.9 Å². The van der Waals surface area contributed by atoms with Crippen molar-refractivity contribution in [2.24, 2.45) is 5.92 Å². The fourth-order valence-electron chi connectivity index (χ4n) is 4.27. The maximum atomic E-state index is 13.3. The molecule has 0 atom stereocenters. The number of carbonyl (C=O) groups excluding carboxylic acids is 1. The van der Waals surface area contributed by atoms with Gasteiger partial charge in [-0.25, -0.2) is 8.42 Å². The Morgan fingerprint density at radius 2 is 1.74 bits per heavy atom. The Morgan fingerprint density at radius 3 is 2.44 bits per heavy atom. The molecular weight excluding hydrogens is 493 g/mol. The summed E-state index contributed by atoms with van der Waals surface area (Å²) in [4.78, 5) is 16.9. The van der Waals surface area contributed by atoms with E-state index in [0.717, 1.165) is 31.6 Å². The zero-order valence-corrected chi connectivity index (χ0v) is 22.3. The van der Waals surface area contributed by atoms with Crippen molar-refractivity contribution < 1.29 is 13.2 Å². The Hall–Kier alpha value is -1.80. The number of para-hydroxylation sites is 1. The van der Waals surface area contributed by atoms with E-state index in [0.29, 0.717) is 24.4 Å². The number of halogens is 2. The van der Waals surface area contributed by atoms with Crippen molar-refractivity contribution in [3.05, 3.63) is 58.1 Å². The van der Waals surface area contributed by atoms with Crippen LogP contribution in [0.15, 0.2) is 47.4 Å². The SMILES string of the molecule is CN1CCC(CCN(C)C(=O)CCc2ccccc2N(C)S(=O)(=O)c2cccc(Cl)c2Cl)CC1. The van der Waals surface area contributed by atoms with Gasteiger partial charge < -0.3 is 9.80 Å². The quantitative estimate of drug-likeness (QED) is 0.465. The fourth-order valence-corrected chi connectivity index (χ4v) is 6.24. The number of aryl methyl sites for hydroxylation is 1. The summed E-state index contributed by atoms with van der Waals surface area (Å²) in [6.45, 7) is 2.99. The number of nitrogens with zero attached hydrogens (tertiary/aromatic N) is 3. The molecule has 1 aliphatic rings. The number of amides is 1. The fraction of sp³-hybridized carbons (Fsp3) is 0.480. The van der Waals surface area contributed by atoms with Gasteiger partial charge in [0.05, 0.1) is 15.7 Å². The summed E-state index contributed by atoms with van der Waals surface area (Å²) >= 11 is 12.2. The molecule has 1 fully saturated rings. The normalized spacial score (nSPS) is 15.3. The highest BCUT2D eigenvalue weighted by molar-refractivity contribution is 7.93. The molecule has 0 saturated carbocycles. The Kier molecular flexibility index (Phi) is 9.27. The van der Waals surface area contributed by atoms with Crippen LogP contribution in [0.25, 0.3) is 0 Å². The molecule has 2 aromatic carbocycles. The Morgan fingerprint density at radius 1 is 1.06 bits per heavy atom. The summed E-state index contributed by atoms with van der Waals surface area (Å²) in [5.74, 6) is 0.732. The van der Waals surface area contributed by atoms with Crippen LogP contribution in [-0.4, -0.2) is 64.9 Å². The lowest BCUT2D eigenvalue weighted by molar-refractivity contribution is -0.130. The van der Waals surface area contributed by atoms with Crippen LogP contribution in [0.5, 0.6) is 0 Å². The number of anilines is 1. The van der Waals surface area contributed by atoms with Crippen LogP contribution >= 0.6 is 23.2 Å². The maximum Gasteiger partial charge on any atom is 0.265 e. The Bertz CT molecular complexity index is 1100. The average molecular weight is 527 g/mol. The Balaban J connectivity index is 1.64. The number of likely N-dealkylation sites (tertiary alicyclic amines) is 1. The zero-order valence-electron chi connectivity index (χ0n) is 20.0. The average Bonchev–Trinajstić information content (AvgIpc) is 2.83. The minimum absolute atomic E-state index is 0.00471. The van der Waals surface area contributed by atoms with Crippen LogP contribution in [-0.2, 0) is 21.2 Å². The van der Waals surface area contributed by atoms with Crippen LogP contribution in [0.1, 0.15) is 31.2 Å². The highest BCUT2D eigenvalue weighted by Crippen LogP contribution is 2.33. The molecule has 0 unspecified atom stereocenters. The number of sulfonamides is 1. The third kappa shape index (κ3) is 6.45. The van der Waals surface area contributed by atoms with E-state index in [-0.39, 0.29) is 20.8 Å². The highest BCUT2D eigenvalue weighted by Gasteiger charge is 2.27. The molecule has 0 radical (unpaired) electrons. The van der Waals surface area contributed by atoms with Crippen molar-refractivity contribution in [1.82, 2.24) is 9.80 Å². The first-order valence-corrected chi connectivity index (χ1v) is 13.7. The molecule has 1 amide bonds. The molecule has 0 bridgehead atoms. The molecule has 2 aromatic rings. The number of hydrogen-bond donors (Lipinski definition) is 0. The largest absolute Gasteiger partial charge is 0.346 e. The van der Waals surface area contributed by atoms with Crippen molar-refractivity contribution >= 4 is 44.8 Å². The highest BCUT2D eigenvalue weighted by atomic mass is 35.5. The minimum Gasteiger partial charge on any atom is -0.346 e. The van der Waals surface area contributed by atoms with Crippen LogP contribution in [0.3, 0.4) is 0 Å². The second kappa shape index (κ2) is 11.8. The second-order valence-corrected chi connectivity index (χ2v) is 11.7. The lowest BCUT2D eigenvalue weighted by Gasteiger charge is -2.30. The number of benzene rings is 2. The van der Waals surface area contributed by atoms with Gasteiger partial charge in [0.2, 0.25) is 5.91 Å². The lowest BCUT2D eigenvalue weighted by Crippen LogP contribution is -2.33. The molecular formula is C25H33Cl2N3O3S. The van der Waals surface area contributed by atoms with Crippen molar-refractivity contribution in [3.8, 4) is 0 Å². The van der Waals surface area contributed by atoms with Gasteiger partial charge in [-0.05, 0) is 75.5 Å². The van der Waals surface area contributed by atoms with E-state index >= 15 is 0 Å². The van der Waals surface area contributed by atoms with Crippen molar-refractivity contribution in [2.45, 2.75) is 37.0 Å². The van der Waals surface area contributed by atoms with Gasteiger partial charge in [0.25, 0.3) is 10.0 Å². The van der Waals surface area contributed by atoms with Crippen LogP contribution < -0.4 is 4.31 Å². The van der Waals surface area contributed by atoms with E-state index in [1.54, 1.807) is 29.2 Å². The smallest absolute Gasteiger partial charge is 0.265 e. The van der Waals surface area contributed by atoms with Crippen LogP contribution in [0.2, 0.25) is 10.0 Å². The molecule has 1 heterocycles. The summed E-state index contributed by atoms with van der Waals surface area (Å²) < 4.78 is 27.7. The van der Waals surface area contributed by atoms with Crippen molar-refractivity contribution in [1.29, 1.82) is 0 Å². The number of carbonyl (C=O) groups is 1. The van der Waals surface area contributed by atoms with Gasteiger partial charge in [0.1, 0.15) is 4.90 Å². The van der Waals surface area contributed by atoms with Crippen molar-refractivity contribution in [3.63, 3.8) is 0 Å². The molecule has 9 heteroatoms. The summed E-state index contributed by atoms with van der Waals surface area (Å²) in [5.41, 5.74) is 1.30. The lowest BCUT2D eigenvalue weighted by atomic mass is 9.93. The summed E-state index contributed by atoms with van der Waals surface area (Å²) in [6.07, 6.45) is 4.14. The van der Waals surface area contributed by atoms with Gasteiger partial charge in [-0.3, -0.25) is 9.10 Å². The molecule has 34 heavy (non-hydrogen) atoms. The first-order valence-electron chi connectivity index (χ1n) is 11.5. The molecule has 6 nitrogen and oxygen atoms in total. The van der Waals surface area contributed by atoms with Gasteiger partial charge in [0.15, 0.2) is 0 Å². The van der Waals surface area contributed by atoms with Crippen LogP contribution in [0, 0.1) is 5.92 Å². The molecule has 1 aliphatic heterocycles. The minimum atomic E-state index is -3.93. The first kappa shape index (κ1) is 26.8. The second-order valence-electron chi connectivity index (χ2n) is 9.00. The van der Waals surface area contributed by atoms with Gasteiger partial charge in [-0.15, -0.1) is 0 Å². The van der Waals surface area contributed by atoms with Gasteiger partial charge in [-0.2, -0.15) is 0 Å². The summed E-state index contributed by atoms with van der Waals surface area (Å²) in [5, 5.41) is 0.174. The van der Waals surface area contributed by atoms with E-state index in [2.05, 4.69) is 11.9 Å². The van der Waals surface area contributed by atoms with Crippen molar-refractivity contribution in [2.75, 3.05) is 45.1 Å². The van der Waals surface area contributed by atoms with Gasteiger partial charge in [-0.1, -0.05) is 47.5 Å². The standard InChI is InChI=1S/C25H33Cl2N3O3S/c1-28-16-13-19(14-17-28)15-18-29(2)24(31)12-11-20-7-4-5-9-22(20)30(3)34(32,33)23-10-6-8-21(26)25(23)27/h4-10,19H,11-18H2,1-3H3. The number of rotatable bonds is 9. The molecule has 1 saturated heterocycles. The van der Waals surface area contributed by atoms with Crippen LogP contribution in [0.4, 0.5) is 5.69 Å². The van der Waals surface area contributed by atoms with E-state index in [1.807, 2.05) is 19.2 Å². The monoisotopic (exact) mass is 525 g/mol. The molecule has 186 valence electrons. The van der Waals surface area contributed by atoms with E-state index in [1.165, 1.54) is 30.3 Å². The summed E-state index contributed by atoms with van der Waals surface area (Å²) in [7, 11) is 1.55. The Labute approximate surface area is 213 Å². The molecule has 0 aliphatic carbocycles. The predicted octanol–water partition coefficient (Wildman–Crippen LogP) is 4.94. The van der Waals surface area contributed by atoms with Gasteiger partial charge in [0, 0.05) is 27.1 Å². The zero-order chi connectivity index (χ0) is 24.9. The van der Waals surface area contributed by atoms with Gasteiger partial charge >= 0.3 is 0 Å². The van der Waals surface area contributed by atoms with E-state index in [9.17, 15) is 13.2 Å². The first-order chi connectivity index (χ1) is 16.1. The molecule has 0 spiro atoms. The third-order valence-electron chi connectivity index (χ3n) is 6.63. The molecule has 0 aromatic heterocycles. The molecule has 0 N–H and O–H groups in total. The van der Waals surface area contributed by atoms with E-state index in [4.69, 9.17) is 23.2 Å².